The highest BCUT2D eigenvalue weighted by Crippen LogP contribution is 2.06. The number of rotatable bonds is 5. The molecule has 0 bridgehead atoms. The molecule has 0 aliphatic rings. The van der Waals surface area contributed by atoms with Crippen LogP contribution < -0.4 is 5.46 Å². The quantitative estimate of drug-likeness (QED) is 0.731. The highest BCUT2D eigenvalue weighted by atomic mass is 19.1. The van der Waals surface area contributed by atoms with E-state index in [0.717, 1.165) is 12.5 Å². The van der Waals surface area contributed by atoms with E-state index in [2.05, 4.69) is 0 Å². The summed E-state index contributed by atoms with van der Waals surface area (Å²) in [5.41, 5.74) is 0.750. The van der Waals surface area contributed by atoms with Gasteiger partial charge in [-0.1, -0.05) is 13.0 Å². The molecule has 0 radical (unpaired) electrons. The van der Waals surface area contributed by atoms with Crippen LogP contribution in [0.3, 0.4) is 0 Å². The summed E-state index contributed by atoms with van der Waals surface area (Å²) >= 11 is 0. The second-order valence-electron chi connectivity index (χ2n) is 3.75. The van der Waals surface area contributed by atoms with Crippen LogP contribution >= 0.6 is 0 Å². The summed E-state index contributed by atoms with van der Waals surface area (Å²) < 4.78 is 18.4. The normalized spacial score (nSPS) is 12.6. The Labute approximate surface area is 95.0 Å². The van der Waals surface area contributed by atoms with Crippen LogP contribution in [0.15, 0.2) is 18.2 Å². The first kappa shape index (κ1) is 13.2. The summed E-state index contributed by atoms with van der Waals surface area (Å²) in [4.78, 5) is 0. The number of hydrogen-bond acceptors (Lipinski definition) is 3. The molecule has 1 rings (SSSR count). The predicted octanol–water partition coefficient (Wildman–Crippen LogP) is 0.821. The molecule has 3 nitrogen and oxygen atoms in total. The topological polar surface area (TPSA) is 49.7 Å². The first-order chi connectivity index (χ1) is 7.54. The molecule has 1 aromatic rings. The average molecular weight is 226 g/mol. The largest absolute Gasteiger partial charge is 0.488 e. The van der Waals surface area contributed by atoms with Gasteiger partial charge in [0, 0.05) is 0 Å². The van der Waals surface area contributed by atoms with E-state index in [-0.39, 0.29) is 18.2 Å². The molecule has 1 unspecified atom stereocenters. The van der Waals surface area contributed by atoms with E-state index in [4.69, 9.17) is 14.8 Å². The highest BCUT2D eigenvalue weighted by molar-refractivity contribution is 6.59. The van der Waals surface area contributed by atoms with Crippen molar-refractivity contribution < 1.29 is 19.2 Å². The molecule has 1 aromatic carbocycles. The third kappa shape index (κ3) is 3.59. The second kappa shape index (κ2) is 5.99. The zero-order chi connectivity index (χ0) is 12.1. The van der Waals surface area contributed by atoms with E-state index in [0.29, 0.717) is 5.56 Å². The predicted molar refractivity (Wildman–Crippen MR) is 60.8 cm³/mol. The van der Waals surface area contributed by atoms with Gasteiger partial charge in [-0.25, -0.2) is 4.39 Å². The molecule has 0 saturated heterocycles. The molecule has 16 heavy (non-hydrogen) atoms. The summed E-state index contributed by atoms with van der Waals surface area (Å²) in [5, 5.41) is 18.2. The molecule has 0 aromatic heterocycles. The lowest BCUT2D eigenvalue weighted by atomic mass is 9.77. The van der Waals surface area contributed by atoms with Crippen molar-refractivity contribution in [2.24, 2.45) is 0 Å². The average Bonchev–Trinajstić information content (AvgIpc) is 2.26. The fourth-order valence-electron chi connectivity index (χ4n) is 1.29. The first-order valence-electron chi connectivity index (χ1n) is 5.30. The van der Waals surface area contributed by atoms with Gasteiger partial charge in [0.15, 0.2) is 0 Å². The van der Waals surface area contributed by atoms with Crippen molar-refractivity contribution in [1.29, 1.82) is 0 Å². The van der Waals surface area contributed by atoms with Gasteiger partial charge in [0.2, 0.25) is 0 Å². The highest BCUT2D eigenvalue weighted by Gasteiger charge is 2.17. The molecule has 88 valence electrons. The van der Waals surface area contributed by atoms with Gasteiger partial charge in [-0.3, -0.25) is 0 Å². The molecule has 0 heterocycles. The lowest BCUT2D eigenvalue weighted by Gasteiger charge is -2.13. The molecule has 0 aliphatic heterocycles. The molecule has 2 N–H and O–H groups in total. The molecular weight excluding hydrogens is 210 g/mol. The van der Waals surface area contributed by atoms with E-state index in [1.54, 1.807) is 0 Å². The van der Waals surface area contributed by atoms with Crippen LogP contribution in [0.4, 0.5) is 4.39 Å². The van der Waals surface area contributed by atoms with Crippen LogP contribution in [0.1, 0.15) is 25.8 Å². The van der Waals surface area contributed by atoms with E-state index in [9.17, 15) is 4.39 Å². The van der Waals surface area contributed by atoms with Crippen molar-refractivity contribution in [1.82, 2.24) is 0 Å². The molecular formula is C11H16BFO3. The second-order valence-corrected chi connectivity index (χ2v) is 3.75. The molecule has 5 heteroatoms. The zero-order valence-electron chi connectivity index (χ0n) is 9.48. The Morgan fingerprint density at radius 2 is 2.12 bits per heavy atom. The first-order valence-corrected chi connectivity index (χ1v) is 5.30. The third-order valence-corrected chi connectivity index (χ3v) is 2.48. The Kier molecular flexibility index (Phi) is 4.92. The third-order valence-electron chi connectivity index (χ3n) is 2.48. The minimum atomic E-state index is -1.67. The lowest BCUT2D eigenvalue weighted by molar-refractivity contribution is 0.0511. The maximum Gasteiger partial charge on any atom is 0.488 e. The molecule has 0 amide bonds. The Morgan fingerprint density at radius 1 is 1.44 bits per heavy atom. The van der Waals surface area contributed by atoms with E-state index in [1.165, 1.54) is 12.1 Å². The SMILES string of the molecule is CCC(C)OCc1ccc(F)cc1B(O)O. The van der Waals surface area contributed by atoms with Crippen LogP contribution in [-0.2, 0) is 11.3 Å². The zero-order valence-corrected chi connectivity index (χ0v) is 9.48. The lowest BCUT2D eigenvalue weighted by Crippen LogP contribution is -2.34. The number of benzene rings is 1. The van der Waals surface area contributed by atoms with Gasteiger partial charge in [-0.05, 0) is 36.5 Å². The fourth-order valence-corrected chi connectivity index (χ4v) is 1.29. The van der Waals surface area contributed by atoms with Gasteiger partial charge in [0.1, 0.15) is 5.82 Å². The van der Waals surface area contributed by atoms with Crippen molar-refractivity contribution in [3.8, 4) is 0 Å². The summed E-state index contributed by atoms with van der Waals surface area (Å²) in [6.45, 7) is 4.18. The van der Waals surface area contributed by atoms with Gasteiger partial charge in [0.25, 0.3) is 0 Å². The van der Waals surface area contributed by atoms with Gasteiger partial charge in [0.05, 0.1) is 12.7 Å². The van der Waals surface area contributed by atoms with Gasteiger partial charge in [-0.2, -0.15) is 0 Å². The van der Waals surface area contributed by atoms with Crippen LogP contribution in [0, 0.1) is 5.82 Å². The minimum absolute atomic E-state index is 0.0914. The molecule has 0 spiro atoms. The van der Waals surface area contributed by atoms with Crippen LogP contribution in [0.5, 0.6) is 0 Å². The molecule has 0 fully saturated rings. The molecule has 1 atom stereocenters. The van der Waals surface area contributed by atoms with Crippen LogP contribution in [0.25, 0.3) is 0 Å². The minimum Gasteiger partial charge on any atom is -0.423 e. The fraction of sp³-hybridized carbons (Fsp3) is 0.455. The van der Waals surface area contributed by atoms with Gasteiger partial charge < -0.3 is 14.8 Å². The maximum absolute atomic E-state index is 12.9. The van der Waals surface area contributed by atoms with Crippen LogP contribution in [-0.4, -0.2) is 23.3 Å². The standard InChI is InChI=1S/C11H16BFO3/c1-3-8(2)16-7-9-4-5-10(13)6-11(9)12(14)15/h4-6,8,14-15H,3,7H2,1-2H3. The Hall–Kier alpha value is -0.905. The Morgan fingerprint density at radius 3 is 2.69 bits per heavy atom. The number of hydrogen-bond donors (Lipinski definition) is 2. The number of halogens is 1. The number of ether oxygens (including phenoxy) is 1. The van der Waals surface area contributed by atoms with Crippen molar-refractivity contribution in [2.45, 2.75) is 33.0 Å². The summed E-state index contributed by atoms with van der Waals surface area (Å²) in [6.07, 6.45) is 0.965. The van der Waals surface area contributed by atoms with E-state index < -0.39 is 12.9 Å². The Bertz CT molecular complexity index is 344. The van der Waals surface area contributed by atoms with Crippen LogP contribution in [0.2, 0.25) is 0 Å². The van der Waals surface area contributed by atoms with Gasteiger partial charge >= 0.3 is 7.12 Å². The van der Waals surface area contributed by atoms with E-state index >= 15 is 0 Å². The summed E-state index contributed by atoms with van der Waals surface area (Å²) in [6, 6.07) is 3.90. The Balaban J connectivity index is 2.78. The van der Waals surface area contributed by atoms with Gasteiger partial charge in [-0.15, -0.1) is 0 Å². The van der Waals surface area contributed by atoms with Crippen molar-refractivity contribution in [2.75, 3.05) is 0 Å². The van der Waals surface area contributed by atoms with Crippen molar-refractivity contribution >= 4 is 12.6 Å². The monoisotopic (exact) mass is 226 g/mol. The smallest absolute Gasteiger partial charge is 0.423 e. The van der Waals surface area contributed by atoms with E-state index in [1.807, 2.05) is 13.8 Å². The summed E-state index contributed by atoms with van der Waals surface area (Å²) in [5.74, 6) is -0.490. The van der Waals surface area contributed by atoms with Crippen molar-refractivity contribution in [3.63, 3.8) is 0 Å². The molecule has 0 aliphatic carbocycles. The maximum atomic E-state index is 12.9. The summed E-state index contributed by atoms with van der Waals surface area (Å²) in [7, 11) is -1.67. The van der Waals surface area contributed by atoms with Crippen molar-refractivity contribution in [3.05, 3.63) is 29.6 Å². The molecule has 0 saturated carbocycles.